The van der Waals surface area contributed by atoms with E-state index in [0.29, 0.717) is 0 Å². The van der Waals surface area contributed by atoms with Crippen LogP contribution in [0, 0.1) is 6.92 Å². The molecule has 1 aromatic rings. The molecule has 1 heterocycles. The molecule has 0 saturated heterocycles. The molecule has 0 amide bonds. The van der Waals surface area contributed by atoms with Gasteiger partial charge in [0.2, 0.25) is 0 Å². The molecular weight excluding hydrogens is 420 g/mol. The Hall–Kier alpha value is -0.830. The SMILES string of the molecule is C=CCCCCCCCCCn1cc[n+](CCCCCCCCCC=C)c1C.[Br-]. The maximum Gasteiger partial charge on any atom is 0.253 e. The van der Waals surface area contributed by atoms with Gasteiger partial charge >= 0.3 is 0 Å². The van der Waals surface area contributed by atoms with Crippen molar-refractivity contribution in [3.63, 3.8) is 0 Å². The van der Waals surface area contributed by atoms with E-state index in [4.69, 9.17) is 0 Å². The highest BCUT2D eigenvalue weighted by Gasteiger charge is 2.11. The minimum atomic E-state index is 0. The second kappa shape index (κ2) is 20.4. The van der Waals surface area contributed by atoms with Crippen molar-refractivity contribution in [3.05, 3.63) is 43.5 Å². The summed E-state index contributed by atoms with van der Waals surface area (Å²) in [6, 6.07) is 0. The van der Waals surface area contributed by atoms with Gasteiger partial charge in [0, 0.05) is 6.92 Å². The molecule has 0 radical (unpaired) electrons. The highest BCUT2D eigenvalue weighted by atomic mass is 79.9. The predicted molar refractivity (Wildman–Crippen MR) is 124 cm³/mol. The fourth-order valence-corrected chi connectivity index (χ4v) is 3.92. The number of imidazole rings is 1. The quantitative estimate of drug-likeness (QED) is 0.149. The van der Waals surface area contributed by atoms with Gasteiger partial charge in [0.25, 0.3) is 5.82 Å². The summed E-state index contributed by atoms with van der Waals surface area (Å²) in [6.07, 6.45) is 30.1. The summed E-state index contributed by atoms with van der Waals surface area (Å²) in [5.41, 5.74) is 0. The second-order valence-corrected chi connectivity index (χ2v) is 8.34. The summed E-state index contributed by atoms with van der Waals surface area (Å²) in [4.78, 5) is 0. The number of nitrogens with zero attached hydrogens (tertiary/aromatic N) is 2. The number of hydrogen-bond donors (Lipinski definition) is 0. The number of allylic oxidation sites excluding steroid dienone is 2. The monoisotopic (exact) mass is 466 g/mol. The van der Waals surface area contributed by atoms with Crippen LogP contribution in [0.4, 0.5) is 0 Å². The molecule has 0 saturated carbocycles. The zero-order valence-electron chi connectivity index (χ0n) is 19.2. The van der Waals surface area contributed by atoms with Gasteiger partial charge in [0.1, 0.15) is 12.4 Å². The zero-order chi connectivity index (χ0) is 20.3. The van der Waals surface area contributed by atoms with Crippen molar-refractivity contribution in [2.45, 2.75) is 123 Å². The molecule has 0 aromatic carbocycles. The molecular formula is C26H47BrN2. The summed E-state index contributed by atoms with van der Waals surface area (Å²) in [7, 11) is 0. The first-order chi connectivity index (χ1) is 13.8. The van der Waals surface area contributed by atoms with Crippen LogP contribution < -0.4 is 21.5 Å². The third-order valence-corrected chi connectivity index (χ3v) is 5.87. The Morgan fingerprint density at radius 1 is 0.724 bits per heavy atom. The van der Waals surface area contributed by atoms with E-state index in [2.05, 4.69) is 41.6 Å². The third kappa shape index (κ3) is 14.7. The highest BCUT2D eigenvalue weighted by Crippen LogP contribution is 2.11. The van der Waals surface area contributed by atoms with E-state index in [1.807, 2.05) is 12.2 Å². The van der Waals surface area contributed by atoms with Crippen molar-refractivity contribution in [2.75, 3.05) is 0 Å². The van der Waals surface area contributed by atoms with E-state index < -0.39 is 0 Å². The largest absolute Gasteiger partial charge is 1.00 e. The van der Waals surface area contributed by atoms with Gasteiger partial charge in [-0.25, -0.2) is 9.13 Å². The van der Waals surface area contributed by atoms with Crippen LogP contribution in [-0.4, -0.2) is 4.57 Å². The Labute approximate surface area is 192 Å². The van der Waals surface area contributed by atoms with Gasteiger partial charge in [-0.1, -0.05) is 63.5 Å². The van der Waals surface area contributed by atoms with Crippen LogP contribution in [0.15, 0.2) is 37.7 Å². The minimum Gasteiger partial charge on any atom is -1.00 e. The Bertz CT molecular complexity index is 463. The lowest BCUT2D eigenvalue weighted by Crippen LogP contribution is -3.00. The van der Waals surface area contributed by atoms with E-state index >= 15 is 0 Å². The Morgan fingerprint density at radius 3 is 1.69 bits per heavy atom. The van der Waals surface area contributed by atoms with Crippen LogP contribution >= 0.6 is 0 Å². The number of unbranched alkanes of at least 4 members (excludes halogenated alkanes) is 14. The van der Waals surface area contributed by atoms with Crippen molar-refractivity contribution in [1.29, 1.82) is 0 Å². The molecule has 3 heteroatoms. The lowest BCUT2D eigenvalue weighted by atomic mass is 10.1. The molecule has 0 aliphatic rings. The summed E-state index contributed by atoms with van der Waals surface area (Å²) < 4.78 is 4.90. The van der Waals surface area contributed by atoms with Crippen LogP contribution in [0.1, 0.15) is 109 Å². The minimum absolute atomic E-state index is 0. The Balaban J connectivity index is 0.00000784. The third-order valence-electron chi connectivity index (χ3n) is 5.87. The standard InChI is InChI=1S/C26H47N2.BrH/c1-4-6-8-10-12-14-16-18-20-22-27-24-25-28(26(27)3)23-21-19-17-15-13-11-9-7-5-2;/h4-5,24-25H,1-2,6-23H2,3H3;1H/q+1;/p-1. The zero-order valence-corrected chi connectivity index (χ0v) is 20.8. The molecule has 0 fully saturated rings. The van der Waals surface area contributed by atoms with E-state index in [0.717, 1.165) is 0 Å². The first kappa shape index (κ1) is 28.2. The topological polar surface area (TPSA) is 8.81 Å². The van der Waals surface area contributed by atoms with Gasteiger partial charge in [0.15, 0.2) is 0 Å². The summed E-state index contributed by atoms with van der Waals surface area (Å²) in [5.74, 6) is 1.42. The van der Waals surface area contributed by atoms with Crippen molar-refractivity contribution in [2.24, 2.45) is 0 Å². The van der Waals surface area contributed by atoms with Crippen LogP contribution in [0.25, 0.3) is 0 Å². The molecule has 0 spiro atoms. The maximum atomic E-state index is 3.79. The van der Waals surface area contributed by atoms with Crippen LogP contribution in [0.5, 0.6) is 0 Å². The van der Waals surface area contributed by atoms with Gasteiger partial charge in [0.05, 0.1) is 13.1 Å². The average molecular weight is 468 g/mol. The van der Waals surface area contributed by atoms with Crippen LogP contribution in [0.2, 0.25) is 0 Å². The van der Waals surface area contributed by atoms with Crippen LogP contribution in [0.3, 0.4) is 0 Å². The molecule has 0 aliphatic carbocycles. The lowest BCUT2D eigenvalue weighted by molar-refractivity contribution is -0.702. The smallest absolute Gasteiger partial charge is 0.253 e. The molecule has 1 aromatic heterocycles. The van der Waals surface area contributed by atoms with E-state index in [1.54, 1.807) is 0 Å². The number of aromatic nitrogens is 2. The van der Waals surface area contributed by atoms with E-state index in [9.17, 15) is 0 Å². The fourth-order valence-electron chi connectivity index (χ4n) is 3.92. The van der Waals surface area contributed by atoms with Crippen molar-refractivity contribution >= 4 is 0 Å². The van der Waals surface area contributed by atoms with Gasteiger partial charge in [-0.2, -0.15) is 0 Å². The van der Waals surface area contributed by atoms with Crippen LogP contribution in [-0.2, 0) is 13.1 Å². The lowest BCUT2D eigenvalue weighted by Gasteiger charge is -2.03. The molecule has 0 N–H and O–H groups in total. The maximum absolute atomic E-state index is 3.79. The van der Waals surface area contributed by atoms with E-state index in [-0.39, 0.29) is 17.0 Å². The van der Waals surface area contributed by atoms with Gasteiger partial charge in [-0.3, -0.25) is 0 Å². The molecule has 1 rings (SSSR count). The molecule has 0 aliphatic heterocycles. The highest BCUT2D eigenvalue weighted by molar-refractivity contribution is 4.79. The number of rotatable bonds is 20. The first-order valence-corrected chi connectivity index (χ1v) is 12.1. The number of hydrogen-bond acceptors (Lipinski definition) is 0. The molecule has 0 unspecified atom stereocenters. The number of aryl methyl sites for hydroxylation is 2. The average Bonchev–Trinajstić information content (AvgIpc) is 3.05. The summed E-state index contributed by atoms with van der Waals surface area (Å²) >= 11 is 0. The first-order valence-electron chi connectivity index (χ1n) is 12.1. The number of halogens is 1. The molecule has 0 bridgehead atoms. The Morgan fingerprint density at radius 2 is 1.17 bits per heavy atom. The fraction of sp³-hybridized carbons (Fsp3) is 0.731. The summed E-state index contributed by atoms with van der Waals surface area (Å²) in [6.45, 7) is 12.2. The van der Waals surface area contributed by atoms with Crippen molar-refractivity contribution in [1.82, 2.24) is 4.57 Å². The van der Waals surface area contributed by atoms with Crippen molar-refractivity contribution < 1.29 is 21.5 Å². The molecule has 168 valence electrons. The summed E-state index contributed by atoms with van der Waals surface area (Å²) in [5, 5.41) is 0. The van der Waals surface area contributed by atoms with E-state index in [1.165, 1.54) is 122 Å². The van der Waals surface area contributed by atoms with Crippen molar-refractivity contribution in [3.8, 4) is 0 Å². The second-order valence-electron chi connectivity index (χ2n) is 8.34. The molecule has 29 heavy (non-hydrogen) atoms. The van der Waals surface area contributed by atoms with Gasteiger partial charge in [-0.05, 0) is 51.4 Å². The van der Waals surface area contributed by atoms with Gasteiger partial charge in [-0.15, -0.1) is 13.2 Å². The predicted octanol–water partition coefficient (Wildman–Crippen LogP) is 4.70. The molecule has 0 atom stereocenters. The Kier molecular flexibility index (Phi) is 19.9. The molecule has 2 nitrogen and oxygen atoms in total. The van der Waals surface area contributed by atoms with Gasteiger partial charge < -0.3 is 17.0 Å². The normalized spacial score (nSPS) is 10.7.